The van der Waals surface area contributed by atoms with E-state index >= 15 is 0 Å². The Morgan fingerprint density at radius 2 is 1.95 bits per heavy atom. The number of aromatic nitrogens is 1. The molecule has 0 radical (unpaired) electrons. The lowest BCUT2D eigenvalue weighted by Gasteiger charge is -2.10. The fourth-order valence-electron chi connectivity index (χ4n) is 1.52. The van der Waals surface area contributed by atoms with E-state index in [1.165, 1.54) is 0 Å². The van der Waals surface area contributed by atoms with Crippen LogP contribution in [0.2, 0.25) is 9.49 Å². The maximum Gasteiger partial charge on any atom is 0.273 e. The number of sulfonamides is 1. The van der Waals surface area contributed by atoms with E-state index in [2.05, 4.69) is 25.6 Å². The minimum absolute atomic E-state index is 0.0890. The van der Waals surface area contributed by atoms with Gasteiger partial charge in [-0.25, -0.2) is 13.4 Å². The quantitative estimate of drug-likeness (QED) is 0.794. The zero-order valence-electron chi connectivity index (χ0n) is 10.4. The standard InChI is InChI=1S/C11H9BrCl2N2O2S2/c1-5-3-7(12)9(4-8(5)13)16-20(17,18)10-6(2)15-11(14)19-10/h3-4,16H,1-2H3. The van der Waals surface area contributed by atoms with E-state index in [1.807, 2.05) is 6.92 Å². The Morgan fingerprint density at radius 3 is 2.50 bits per heavy atom. The van der Waals surface area contributed by atoms with Crippen molar-refractivity contribution in [3.8, 4) is 0 Å². The van der Waals surface area contributed by atoms with Crippen LogP contribution in [0.25, 0.3) is 0 Å². The first-order valence-corrected chi connectivity index (χ1v) is 9.17. The normalized spacial score (nSPS) is 11.7. The summed E-state index contributed by atoms with van der Waals surface area (Å²) >= 11 is 16.0. The van der Waals surface area contributed by atoms with E-state index in [0.29, 0.717) is 20.9 Å². The van der Waals surface area contributed by atoms with E-state index in [9.17, 15) is 8.42 Å². The van der Waals surface area contributed by atoms with Crippen LogP contribution < -0.4 is 4.72 Å². The molecule has 0 amide bonds. The van der Waals surface area contributed by atoms with Gasteiger partial charge in [-0.1, -0.05) is 34.5 Å². The summed E-state index contributed by atoms with van der Waals surface area (Å²) in [5.74, 6) is 0. The zero-order valence-corrected chi connectivity index (χ0v) is 15.1. The predicted molar refractivity (Wildman–Crippen MR) is 86.6 cm³/mol. The molecule has 0 aliphatic carbocycles. The second-order valence-electron chi connectivity index (χ2n) is 4.03. The average Bonchev–Trinajstić information content (AvgIpc) is 2.66. The summed E-state index contributed by atoms with van der Waals surface area (Å²) in [6.07, 6.45) is 0. The molecule has 4 nitrogen and oxygen atoms in total. The first-order chi connectivity index (χ1) is 9.20. The largest absolute Gasteiger partial charge is 0.278 e. The first kappa shape index (κ1) is 16.0. The summed E-state index contributed by atoms with van der Waals surface area (Å²) in [5, 5.41) is 0.477. The summed E-state index contributed by atoms with van der Waals surface area (Å²) in [7, 11) is -3.74. The van der Waals surface area contributed by atoms with Crippen LogP contribution in [0.1, 0.15) is 11.3 Å². The smallest absolute Gasteiger partial charge is 0.273 e. The molecule has 108 valence electrons. The number of hydrogen-bond acceptors (Lipinski definition) is 4. The molecule has 0 aliphatic rings. The van der Waals surface area contributed by atoms with E-state index in [1.54, 1.807) is 19.1 Å². The van der Waals surface area contributed by atoms with E-state index < -0.39 is 10.0 Å². The fraction of sp³-hybridized carbons (Fsp3) is 0.182. The summed E-state index contributed by atoms with van der Waals surface area (Å²) < 4.78 is 28.0. The third kappa shape index (κ3) is 3.28. The molecule has 1 N–H and O–H groups in total. The maximum atomic E-state index is 12.3. The monoisotopic (exact) mass is 414 g/mol. The van der Waals surface area contributed by atoms with Crippen molar-refractivity contribution in [1.82, 2.24) is 4.98 Å². The summed E-state index contributed by atoms with van der Waals surface area (Å²) in [6, 6.07) is 3.29. The Kier molecular flexibility index (Phi) is 4.66. The number of anilines is 1. The minimum Gasteiger partial charge on any atom is -0.278 e. The van der Waals surface area contributed by atoms with Gasteiger partial charge < -0.3 is 0 Å². The molecular formula is C11H9BrCl2N2O2S2. The second-order valence-corrected chi connectivity index (χ2v) is 8.75. The van der Waals surface area contributed by atoms with Gasteiger partial charge in [-0.3, -0.25) is 4.72 Å². The lowest BCUT2D eigenvalue weighted by molar-refractivity contribution is 0.602. The Hall–Kier alpha value is -0.340. The van der Waals surface area contributed by atoms with Crippen molar-refractivity contribution in [2.75, 3.05) is 4.72 Å². The highest BCUT2D eigenvalue weighted by Gasteiger charge is 2.22. The molecule has 0 atom stereocenters. The number of benzene rings is 1. The molecule has 0 unspecified atom stereocenters. The molecule has 1 heterocycles. The number of halogens is 3. The third-order valence-corrected chi connectivity index (χ3v) is 6.76. The predicted octanol–water partition coefficient (Wildman–Crippen LogP) is 4.63. The minimum atomic E-state index is -3.74. The van der Waals surface area contributed by atoms with Gasteiger partial charge >= 0.3 is 0 Å². The molecule has 0 spiro atoms. The number of rotatable bonds is 3. The van der Waals surface area contributed by atoms with Crippen molar-refractivity contribution in [1.29, 1.82) is 0 Å². The van der Waals surface area contributed by atoms with Gasteiger partial charge in [-0.15, -0.1) is 0 Å². The van der Waals surface area contributed by atoms with Crippen LogP contribution in [-0.2, 0) is 10.0 Å². The molecule has 20 heavy (non-hydrogen) atoms. The van der Waals surface area contributed by atoms with Crippen molar-refractivity contribution in [2.24, 2.45) is 0 Å². The third-order valence-electron chi connectivity index (χ3n) is 2.46. The Bertz CT molecular complexity index is 775. The molecule has 0 aliphatic heterocycles. The molecular weight excluding hydrogens is 407 g/mol. The molecule has 0 bridgehead atoms. The van der Waals surface area contributed by atoms with Gasteiger partial charge in [0, 0.05) is 9.50 Å². The van der Waals surface area contributed by atoms with Crippen LogP contribution in [0.15, 0.2) is 20.8 Å². The van der Waals surface area contributed by atoms with Gasteiger partial charge in [0.05, 0.1) is 11.4 Å². The Labute approximate surface area is 139 Å². The number of nitrogens with one attached hydrogen (secondary N) is 1. The maximum absolute atomic E-state index is 12.3. The van der Waals surface area contributed by atoms with E-state index in [-0.39, 0.29) is 8.68 Å². The highest BCUT2D eigenvalue weighted by molar-refractivity contribution is 9.10. The van der Waals surface area contributed by atoms with Crippen molar-refractivity contribution >= 4 is 66.2 Å². The molecule has 9 heteroatoms. The highest BCUT2D eigenvalue weighted by Crippen LogP contribution is 2.33. The van der Waals surface area contributed by atoms with Crippen molar-refractivity contribution in [3.05, 3.63) is 37.4 Å². The second kappa shape index (κ2) is 5.81. The molecule has 0 fully saturated rings. The molecule has 1 aromatic heterocycles. The van der Waals surface area contributed by atoms with Crippen molar-refractivity contribution in [2.45, 2.75) is 18.1 Å². The van der Waals surface area contributed by atoms with Gasteiger partial charge in [-0.05, 0) is 47.5 Å². The molecule has 1 aromatic carbocycles. The van der Waals surface area contributed by atoms with E-state index in [4.69, 9.17) is 23.2 Å². The van der Waals surface area contributed by atoms with Gasteiger partial charge in [0.2, 0.25) is 0 Å². The number of aryl methyl sites for hydroxylation is 2. The number of thiazole rings is 1. The lowest BCUT2D eigenvalue weighted by Crippen LogP contribution is -2.13. The van der Waals surface area contributed by atoms with Crippen LogP contribution in [0.3, 0.4) is 0 Å². The van der Waals surface area contributed by atoms with Gasteiger partial charge in [0.1, 0.15) is 0 Å². The number of nitrogens with zero attached hydrogens (tertiary/aromatic N) is 1. The van der Waals surface area contributed by atoms with Crippen LogP contribution in [0.4, 0.5) is 5.69 Å². The number of hydrogen-bond donors (Lipinski definition) is 1. The Morgan fingerprint density at radius 1 is 1.30 bits per heavy atom. The van der Waals surface area contributed by atoms with Crippen LogP contribution in [0.5, 0.6) is 0 Å². The molecule has 0 saturated carbocycles. The molecule has 2 aromatic rings. The average molecular weight is 416 g/mol. The molecule has 0 saturated heterocycles. The highest BCUT2D eigenvalue weighted by atomic mass is 79.9. The molecule has 2 rings (SSSR count). The van der Waals surface area contributed by atoms with Crippen LogP contribution >= 0.6 is 50.5 Å². The van der Waals surface area contributed by atoms with E-state index in [0.717, 1.165) is 16.9 Å². The fourth-order valence-corrected chi connectivity index (χ4v) is 5.18. The SMILES string of the molecule is Cc1cc(Br)c(NS(=O)(=O)c2sc(Cl)nc2C)cc1Cl. The summed E-state index contributed by atoms with van der Waals surface area (Å²) in [6.45, 7) is 3.42. The van der Waals surface area contributed by atoms with Crippen molar-refractivity contribution < 1.29 is 8.42 Å². The van der Waals surface area contributed by atoms with Gasteiger partial charge in [0.25, 0.3) is 10.0 Å². The lowest BCUT2D eigenvalue weighted by atomic mass is 10.2. The topological polar surface area (TPSA) is 59.1 Å². The van der Waals surface area contributed by atoms with Gasteiger partial charge in [0.15, 0.2) is 8.68 Å². The van der Waals surface area contributed by atoms with Gasteiger partial charge in [-0.2, -0.15) is 0 Å². The Balaban J connectivity index is 2.43. The van der Waals surface area contributed by atoms with Crippen LogP contribution in [0, 0.1) is 13.8 Å². The van der Waals surface area contributed by atoms with Crippen LogP contribution in [-0.4, -0.2) is 13.4 Å². The first-order valence-electron chi connectivity index (χ1n) is 5.32. The van der Waals surface area contributed by atoms with Crippen molar-refractivity contribution in [3.63, 3.8) is 0 Å². The zero-order chi connectivity index (χ0) is 15.1. The summed E-state index contributed by atoms with van der Waals surface area (Å²) in [4.78, 5) is 3.90. The summed E-state index contributed by atoms with van der Waals surface area (Å²) in [5.41, 5.74) is 1.57.